The first-order chi connectivity index (χ1) is 13.2. The monoisotopic (exact) mass is 381 g/mol. The Balaban J connectivity index is 1.95. The number of carbonyl (C=O) groups is 1. The van der Waals surface area contributed by atoms with Gasteiger partial charge in [-0.1, -0.05) is 48.5 Å². The van der Waals surface area contributed by atoms with E-state index < -0.39 is 5.97 Å². The minimum absolute atomic E-state index is 0.370. The average molecular weight is 381 g/mol. The van der Waals surface area contributed by atoms with Gasteiger partial charge in [0.05, 0.1) is 38.5 Å². The van der Waals surface area contributed by atoms with Gasteiger partial charge in [-0.25, -0.2) is 4.79 Å². The van der Waals surface area contributed by atoms with E-state index in [4.69, 9.17) is 9.47 Å². The lowest BCUT2D eigenvalue weighted by Gasteiger charge is -2.11. The van der Waals surface area contributed by atoms with Crippen molar-refractivity contribution in [3.8, 4) is 0 Å². The molecule has 5 nitrogen and oxygen atoms in total. The van der Waals surface area contributed by atoms with Crippen molar-refractivity contribution in [1.82, 2.24) is 5.01 Å². The molecule has 2 aromatic carbocycles. The summed E-state index contributed by atoms with van der Waals surface area (Å²) >= 11 is 1.57. The highest BCUT2D eigenvalue weighted by Gasteiger charge is 2.28. The number of hydrazone groups is 1. The Morgan fingerprint density at radius 2 is 1.78 bits per heavy atom. The van der Waals surface area contributed by atoms with Crippen LogP contribution >= 0.6 is 11.9 Å². The van der Waals surface area contributed by atoms with Crippen molar-refractivity contribution < 1.29 is 18.4 Å². The highest BCUT2D eigenvalue weighted by atomic mass is 32.2. The molecule has 138 valence electrons. The van der Waals surface area contributed by atoms with Crippen molar-refractivity contribution in [2.75, 3.05) is 21.3 Å². The van der Waals surface area contributed by atoms with Crippen molar-refractivity contribution in [2.45, 2.75) is 0 Å². The molecule has 0 aliphatic carbocycles. The second-order valence-electron chi connectivity index (χ2n) is 5.78. The Kier molecular flexibility index (Phi) is 5.98. The molecular formula is C21H21N2O3S+. The first-order valence-electron chi connectivity index (χ1n) is 8.36. The molecular weight excluding hydrogens is 360 g/mol. The van der Waals surface area contributed by atoms with Gasteiger partial charge in [-0.15, -0.1) is 5.01 Å². The van der Waals surface area contributed by atoms with Crippen LogP contribution in [0.2, 0.25) is 0 Å². The van der Waals surface area contributed by atoms with E-state index in [1.54, 1.807) is 11.9 Å². The summed E-state index contributed by atoms with van der Waals surface area (Å²) in [6.45, 7) is 0. The van der Waals surface area contributed by atoms with Gasteiger partial charge in [-0.3, -0.25) is 0 Å². The van der Waals surface area contributed by atoms with Crippen molar-refractivity contribution in [3.63, 3.8) is 0 Å². The predicted octanol–water partition coefficient (Wildman–Crippen LogP) is 3.79. The van der Waals surface area contributed by atoms with E-state index in [-0.39, 0.29) is 0 Å². The normalized spacial score (nSPS) is 15.7. The molecule has 1 heterocycles. The summed E-state index contributed by atoms with van der Waals surface area (Å²) in [4.78, 5) is 12.2. The van der Waals surface area contributed by atoms with Gasteiger partial charge < -0.3 is 9.47 Å². The Labute approximate surface area is 163 Å². The van der Waals surface area contributed by atoms with Crippen molar-refractivity contribution in [1.29, 1.82) is 0 Å². The third-order valence-electron chi connectivity index (χ3n) is 4.13. The summed E-state index contributed by atoms with van der Waals surface area (Å²) in [7, 11) is 4.87. The molecule has 0 unspecified atom stereocenters. The van der Waals surface area contributed by atoms with E-state index in [2.05, 4.69) is 22.5 Å². The number of carbonyl (C=O) groups excluding carboxylic acids is 1. The van der Waals surface area contributed by atoms with Crippen LogP contribution in [0.15, 0.2) is 66.3 Å². The quantitative estimate of drug-likeness (QED) is 0.259. The maximum absolute atomic E-state index is 12.2. The highest BCUT2D eigenvalue weighted by Crippen LogP contribution is 2.31. The first-order valence-corrected chi connectivity index (χ1v) is 9.20. The molecule has 1 aliphatic heterocycles. The standard InChI is InChI=1S/C21H21N2O3S/c1-22-20(16-9-5-4-6-10-16)15-27-23(22)13-17-11-7-8-12-18(17)19(14-25-2)21(24)26-3/h4-15H,1-3H3/q+1. The van der Waals surface area contributed by atoms with E-state index in [0.717, 1.165) is 22.4 Å². The fourth-order valence-corrected chi connectivity index (χ4v) is 3.66. The van der Waals surface area contributed by atoms with Gasteiger partial charge in [-0.2, -0.15) is 0 Å². The molecule has 0 N–H and O–H groups in total. The zero-order valence-corrected chi connectivity index (χ0v) is 16.3. The van der Waals surface area contributed by atoms with E-state index >= 15 is 0 Å². The van der Waals surface area contributed by atoms with Crippen LogP contribution in [0.4, 0.5) is 0 Å². The SMILES string of the molecule is COC=C(C(=O)OC)c1ccccc1C=[N+]1SC=C(c2ccccc2)N1C. The van der Waals surface area contributed by atoms with Gasteiger partial charge >= 0.3 is 5.97 Å². The van der Waals surface area contributed by atoms with Gasteiger partial charge in [0, 0.05) is 11.1 Å². The molecule has 0 aromatic heterocycles. The highest BCUT2D eigenvalue weighted by molar-refractivity contribution is 7.96. The second kappa shape index (κ2) is 8.60. The van der Waals surface area contributed by atoms with Crippen LogP contribution in [0.5, 0.6) is 0 Å². The molecule has 27 heavy (non-hydrogen) atoms. The molecule has 6 heteroatoms. The van der Waals surface area contributed by atoms with Crippen LogP contribution in [0, 0.1) is 0 Å². The predicted molar refractivity (Wildman–Crippen MR) is 109 cm³/mol. The third-order valence-corrected chi connectivity index (χ3v) is 5.02. The Morgan fingerprint density at radius 3 is 2.48 bits per heavy atom. The number of rotatable bonds is 5. The number of hydrogen-bond acceptors (Lipinski definition) is 5. The number of methoxy groups -OCH3 is 2. The number of hydrazine groups is 1. The third kappa shape index (κ3) is 4.06. The second-order valence-corrected chi connectivity index (χ2v) is 6.60. The molecule has 0 bridgehead atoms. The zero-order chi connectivity index (χ0) is 19.2. The molecule has 0 saturated carbocycles. The number of nitrogens with zero attached hydrogens (tertiary/aromatic N) is 2. The van der Waals surface area contributed by atoms with E-state index in [9.17, 15) is 4.79 Å². The lowest BCUT2D eigenvalue weighted by Crippen LogP contribution is -2.22. The van der Waals surface area contributed by atoms with E-state index in [0.29, 0.717) is 5.57 Å². The molecule has 0 spiro atoms. The Bertz CT molecular complexity index is 920. The molecule has 0 amide bonds. The maximum atomic E-state index is 12.2. The summed E-state index contributed by atoms with van der Waals surface area (Å²) in [5.41, 5.74) is 4.25. The Hall–Kier alpha value is -2.99. The van der Waals surface area contributed by atoms with Crippen LogP contribution in [0.1, 0.15) is 16.7 Å². The molecule has 0 fully saturated rings. The van der Waals surface area contributed by atoms with Crippen LogP contribution in [0.3, 0.4) is 0 Å². The largest absolute Gasteiger partial charge is 0.503 e. The first kappa shape index (κ1) is 18.8. The molecule has 3 rings (SSSR count). The van der Waals surface area contributed by atoms with Crippen LogP contribution in [0.25, 0.3) is 11.3 Å². The zero-order valence-electron chi connectivity index (χ0n) is 15.5. The van der Waals surface area contributed by atoms with Crippen LogP contribution < -0.4 is 0 Å². The summed E-state index contributed by atoms with van der Waals surface area (Å²) in [5.74, 6) is -0.441. The maximum Gasteiger partial charge on any atom is 0.341 e. The lowest BCUT2D eigenvalue weighted by atomic mass is 10.0. The minimum Gasteiger partial charge on any atom is -0.503 e. The number of hydrogen-bond donors (Lipinski definition) is 0. The van der Waals surface area contributed by atoms with Crippen LogP contribution in [-0.4, -0.2) is 42.5 Å². The molecule has 1 aliphatic rings. The van der Waals surface area contributed by atoms with Crippen LogP contribution in [-0.2, 0) is 14.3 Å². The fourth-order valence-electron chi connectivity index (χ4n) is 2.76. The summed E-state index contributed by atoms with van der Waals surface area (Å²) in [6.07, 6.45) is 3.39. The molecule has 0 atom stereocenters. The number of ether oxygens (including phenoxy) is 2. The summed E-state index contributed by atoms with van der Waals surface area (Å²) in [5, 5.41) is 4.16. The topological polar surface area (TPSA) is 41.8 Å². The van der Waals surface area contributed by atoms with Gasteiger partial charge in [0.25, 0.3) is 0 Å². The van der Waals surface area contributed by atoms with Gasteiger partial charge in [0.2, 0.25) is 18.2 Å². The average Bonchev–Trinajstić information content (AvgIpc) is 3.07. The molecule has 2 aromatic rings. The lowest BCUT2D eigenvalue weighted by molar-refractivity contribution is -0.508. The van der Waals surface area contributed by atoms with Gasteiger partial charge in [0.1, 0.15) is 11.3 Å². The van der Waals surface area contributed by atoms with Crippen molar-refractivity contribution in [3.05, 3.63) is 83.0 Å². The number of benzene rings is 2. The molecule has 0 radical (unpaired) electrons. The summed E-state index contributed by atoms with van der Waals surface area (Å²) < 4.78 is 12.0. The smallest absolute Gasteiger partial charge is 0.341 e. The van der Waals surface area contributed by atoms with Crippen molar-refractivity contribution in [2.24, 2.45) is 0 Å². The fraction of sp³-hybridized carbons (Fsp3) is 0.143. The number of esters is 1. The van der Waals surface area contributed by atoms with E-state index in [1.807, 2.05) is 59.8 Å². The van der Waals surface area contributed by atoms with Crippen molar-refractivity contribution >= 4 is 35.4 Å². The van der Waals surface area contributed by atoms with E-state index in [1.165, 1.54) is 20.5 Å². The Morgan fingerprint density at radius 1 is 1.07 bits per heavy atom. The molecule has 0 saturated heterocycles. The minimum atomic E-state index is -0.441. The van der Waals surface area contributed by atoms with Gasteiger partial charge in [0.15, 0.2) is 0 Å². The summed E-state index contributed by atoms with van der Waals surface area (Å²) in [6, 6.07) is 17.9. The van der Waals surface area contributed by atoms with Gasteiger partial charge in [-0.05, 0) is 10.2 Å².